The van der Waals surface area contributed by atoms with E-state index in [2.05, 4.69) is 9.72 Å². The third kappa shape index (κ3) is 3.86. The number of aromatic nitrogens is 1. The molecule has 5 nitrogen and oxygen atoms in total. The molecule has 30 heavy (non-hydrogen) atoms. The van der Waals surface area contributed by atoms with E-state index in [1.54, 1.807) is 12.1 Å². The van der Waals surface area contributed by atoms with Crippen LogP contribution in [0.1, 0.15) is 0 Å². The van der Waals surface area contributed by atoms with Gasteiger partial charge in [-0.15, -0.1) is 13.2 Å². The second-order valence-corrected chi connectivity index (χ2v) is 6.32. The van der Waals surface area contributed by atoms with Crippen molar-refractivity contribution in [2.75, 3.05) is 7.11 Å². The van der Waals surface area contributed by atoms with Crippen LogP contribution in [0.5, 0.6) is 23.0 Å². The van der Waals surface area contributed by atoms with E-state index in [1.165, 1.54) is 31.4 Å². The molecular formula is C21H13F4NO4. The van der Waals surface area contributed by atoms with Gasteiger partial charge < -0.3 is 19.2 Å². The Bertz CT molecular complexity index is 1300. The van der Waals surface area contributed by atoms with Gasteiger partial charge in [0.05, 0.1) is 18.1 Å². The van der Waals surface area contributed by atoms with Crippen LogP contribution in [0.15, 0.2) is 59.4 Å². The fraction of sp³-hybridized carbons (Fsp3) is 0.0952. The predicted molar refractivity (Wildman–Crippen MR) is 102 cm³/mol. The first-order valence-electron chi connectivity index (χ1n) is 8.60. The molecule has 0 spiro atoms. The van der Waals surface area contributed by atoms with Crippen LogP contribution in [0, 0.1) is 5.82 Å². The number of halogens is 4. The average Bonchev–Trinajstić information content (AvgIpc) is 2.69. The monoisotopic (exact) mass is 419 g/mol. The normalized spacial score (nSPS) is 11.6. The maximum absolute atomic E-state index is 14.0. The Balaban J connectivity index is 1.68. The molecule has 3 aromatic carbocycles. The summed E-state index contributed by atoms with van der Waals surface area (Å²) in [5.41, 5.74) is 0.516. The first kappa shape index (κ1) is 19.6. The molecule has 1 aromatic heterocycles. The number of rotatable bonds is 4. The molecule has 4 rings (SSSR count). The number of fused-ring (bicyclic) bond motifs is 2. The van der Waals surface area contributed by atoms with Gasteiger partial charge in [-0.1, -0.05) is 0 Å². The van der Waals surface area contributed by atoms with E-state index in [9.17, 15) is 22.4 Å². The molecule has 0 radical (unpaired) electrons. The molecule has 154 valence electrons. The summed E-state index contributed by atoms with van der Waals surface area (Å²) in [7, 11) is 1.33. The molecule has 0 fully saturated rings. The molecule has 1 N–H and O–H groups in total. The van der Waals surface area contributed by atoms with Crippen LogP contribution in [0.4, 0.5) is 17.6 Å². The van der Waals surface area contributed by atoms with Crippen LogP contribution in [0.3, 0.4) is 0 Å². The van der Waals surface area contributed by atoms with Crippen molar-refractivity contribution < 1.29 is 31.8 Å². The zero-order valence-electron chi connectivity index (χ0n) is 15.3. The molecule has 0 aliphatic heterocycles. The van der Waals surface area contributed by atoms with Crippen molar-refractivity contribution in [3.8, 4) is 23.0 Å². The van der Waals surface area contributed by atoms with Crippen molar-refractivity contribution in [2.24, 2.45) is 0 Å². The number of benzene rings is 3. The summed E-state index contributed by atoms with van der Waals surface area (Å²) in [6.07, 6.45) is -4.78. The molecule has 0 amide bonds. The molecular weight excluding hydrogens is 406 g/mol. The lowest BCUT2D eigenvalue weighted by atomic mass is 10.1. The average molecular weight is 419 g/mol. The topological polar surface area (TPSA) is 60.6 Å². The van der Waals surface area contributed by atoms with Crippen molar-refractivity contribution in [3.63, 3.8) is 0 Å². The predicted octanol–water partition coefficient (Wildman–Crippen LogP) is 5.52. The number of alkyl halides is 3. The van der Waals surface area contributed by atoms with Crippen LogP contribution in [-0.2, 0) is 0 Å². The molecule has 1 heterocycles. The summed E-state index contributed by atoms with van der Waals surface area (Å²) in [5, 5.41) is 0.410. The van der Waals surface area contributed by atoms with Crippen molar-refractivity contribution in [1.82, 2.24) is 4.98 Å². The first-order valence-corrected chi connectivity index (χ1v) is 8.60. The lowest BCUT2D eigenvalue weighted by Gasteiger charge is -2.11. The third-order valence-corrected chi connectivity index (χ3v) is 4.33. The Morgan fingerprint density at radius 1 is 0.833 bits per heavy atom. The summed E-state index contributed by atoms with van der Waals surface area (Å²) in [4.78, 5) is 15.9. The molecule has 4 aromatic rings. The highest BCUT2D eigenvalue weighted by atomic mass is 19.4. The minimum atomic E-state index is -4.78. The van der Waals surface area contributed by atoms with E-state index in [0.717, 1.165) is 18.2 Å². The van der Waals surface area contributed by atoms with Gasteiger partial charge in [-0.05, 0) is 48.5 Å². The Kier molecular flexibility index (Phi) is 4.73. The zero-order chi connectivity index (χ0) is 21.5. The molecule has 9 heteroatoms. The minimum Gasteiger partial charge on any atom is -0.494 e. The molecule has 0 aliphatic rings. The number of ether oxygens (including phenoxy) is 3. The highest BCUT2D eigenvalue weighted by molar-refractivity contribution is 5.93. The summed E-state index contributed by atoms with van der Waals surface area (Å²) in [5.74, 6) is -0.504. The molecule has 0 aliphatic carbocycles. The van der Waals surface area contributed by atoms with Gasteiger partial charge in [0, 0.05) is 16.8 Å². The van der Waals surface area contributed by atoms with Crippen LogP contribution in [0.25, 0.3) is 21.8 Å². The van der Waals surface area contributed by atoms with E-state index in [0.29, 0.717) is 11.0 Å². The fourth-order valence-corrected chi connectivity index (χ4v) is 3.02. The fourth-order valence-electron chi connectivity index (χ4n) is 3.02. The summed E-state index contributed by atoms with van der Waals surface area (Å²) in [6.45, 7) is 0. The maximum Gasteiger partial charge on any atom is 0.573 e. The standard InChI is InChI=1S/C21H13F4NO4/c1-28-19-10-18-15(9-16(19)22)20(27)14-8-13(6-7-17(14)26-18)29-11-2-4-12(5-3-11)30-21(23,24)25/h2-10H,1H3,(H,26,27). The Labute approximate surface area is 166 Å². The second-order valence-electron chi connectivity index (χ2n) is 6.32. The number of methoxy groups -OCH3 is 1. The van der Waals surface area contributed by atoms with Crippen molar-refractivity contribution in [2.45, 2.75) is 6.36 Å². The summed E-state index contributed by atoms with van der Waals surface area (Å²) >= 11 is 0. The number of nitrogens with one attached hydrogen (secondary N) is 1. The number of hydrogen-bond donors (Lipinski definition) is 1. The van der Waals surface area contributed by atoms with Gasteiger partial charge in [0.1, 0.15) is 17.2 Å². The van der Waals surface area contributed by atoms with Crippen LogP contribution in [-0.4, -0.2) is 18.5 Å². The van der Waals surface area contributed by atoms with E-state index < -0.39 is 17.6 Å². The Morgan fingerprint density at radius 2 is 1.47 bits per heavy atom. The number of hydrogen-bond acceptors (Lipinski definition) is 4. The highest BCUT2D eigenvalue weighted by Crippen LogP contribution is 2.29. The first-order chi connectivity index (χ1) is 14.2. The van der Waals surface area contributed by atoms with E-state index in [1.807, 2.05) is 0 Å². The van der Waals surface area contributed by atoms with Gasteiger partial charge in [0.2, 0.25) is 0 Å². The van der Waals surface area contributed by atoms with Crippen molar-refractivity contribution >= 4 is 21.8 Å². The van der Waals surface area contributed by atoms with Crippen LogP contribution >= 0.6 is 0 Å². The Morgan fingerprint density at radius 3 is 2.13 bits per heavy atom. The van der Waals surface area contributed by atoms with Crippen LogP contribution < -0.4 is 19.6 Å². The van der Waals surface area contributed by atoms with Gasteiger partial charge in [0.25, 0.3) is 0 Å². The molecule has 0 bridgehead atoms. The smallest absolute Gasteiger partial charge is 0.494 e. The second kappa shape index (κ2) is 7.25. The van der Waals surface area contributed by atoms with E-state index in [-0.39, 0.29) is 33.8 Å². The van der Waals surface area contributed by atoms with Gasteiger partial charge in [0.15, 0.2) is 17.0 Å². The molecule has 0 saturated heterocycles. The van der Waals surface area contributed by atoms with E-state index >= 15 is 0 Å². The van der Waals surface area contributed by atoms with Crippen molar-refractivity contribution in [3.05, 3.63) is 70.6 Å². The van der Waals surface area contributed by atoms with Crippen LogP contribution in [0.2, 0.25) is 0 Å². The maximum atomic E-state index is 14.0. The van der Waals surface area contributed by atoms with Gasteiger partial charge >= 0.3 is 6.36 Å². The number of pyridine rings is 1. The zero-order valence-corrected chi connectivity index (χ0v) is 15.3. The lowest BCUT2D eigenvalue weighted by Crippen LogP contribution is -2.16. The largest absolute Gasteiger partial charge is 0.573 e. The number of H-pyrrole nitrogens is 1. The Hall–Kier alpha value is -3.75. The SMILES string of the molecule is COc1cc2[nH]c3ccc(Oc4ccc(OC(F)(F)F)cc4)cc3c(=O)c2cc1F. The lowest BCUT2D eigenvalue weighted by molar-refractivity contribution is -0.274. The third-order valence-electron chi connectivity index (χ3n) is 4.33. The summed E-state index contributed by atoms with van der Waals surface area (Å²) in [6, 6.07) is 12.0. The highest BCUT2D eigenvalue weighted by Gasteiger charge is 2.31. The van der Waals surface area contributed by atoms with Gasteiger partial charge in [-0.2, -0.15) is 0 Å². The molecule has 0 unspecified atom stereocenters. The molecule has 0 atom stereocenters. The van der Waals surface area contributed by atoms with Crippen molar-refractivity contribution in [1.29, 1.82) is 0 Å². The van der Waals surface area contributed by atoms with Gasteiger partial charge in [-0.3, -0.25) is 4.79 Å². The number of aromatic amines is 1. The quantitative estimate of drug-likeness (QED) is 0.350. The van der Waals surface area contributed by atoms with Gasteiger partial charge in [-0.25, -0.2) is 4.39 Å². The molecule has 0 saturated carbocycles. The summed E-state index contributed by atoms with van der Waals surface area (Å²) < 4.78 is 65.1. The van der Waals surface area contributed by atoms with E-state index in [4.69, 9.17) is 9.47 Å². The minimum absolute atomic E-state index is 0.00963.